The van der Waals surface area contributed by atoms with E-state index in [4.69, 9.17) is 4.74 Å². The van der Waals surface area contributed by atoms with Crippen LogP contribution in [-0.4, -0.2) is 43.7 Å². The number of nitrogens with zero attached hydrogens (tertiary/aromatic N) is 1. The van der Waals surface area contributed by atoms with Gasteiger partial charge in [0, 0.05) is 32.8 Å². The molecule has 2 rings (SSSR count). The zero-order valence-corrected chi connectivity index (χ0v) is 14.0. The van der Waals surface area contributed by atoms with Crippen LogP contribution < -0.4 is 5.32 Å². The molecule has 0 unspecified atom stereocenters. The molecule has 1 amide bonds. The second kappa shape index (κ2) is 7.75. The first kappa shape index (κ1) is 17.0. The van der Waals surface area contributed by atoms with Gasteiger partial charge in [0.15, 0.2) is 0 Å². The van der Waals surface area contributed by atoms with E-state index in [1.54, 1.807) is 7.11 Å². The second-order valence-corrected chi connectivity index (χ2v) is 6.83. The van der Waals surface area contributed by atoms with Gasteiger partial charge in [0.1, 0.15) is 0 Å². The van der Waals surface area contributed by atoms with Crippen LogP contribution in [0, 0.1) is 5.41 Å². The fourth-order valence-corrected chi connectivity index (χ4v) is 2.88. The van der Waals surface area contributed by atoms with E-state index in [0.29, 0.717) is 6.61 Å². The van der Waals surface area contributed by atoms with Crippen molar-refractivity contribution in [1.82, 2.24) is 10.2 Å². The summed E-state index contributed by atoms with van der Waals surface area (Å²) in [6, 6.07) is 10.8. The van der Waals surface area contributed by atoms with Gasteiger partial charge >= 0.3 is 0 Å². The third-order valence-electron chi connectivity index (χ3n) is 4.29. The molecular formula is C18H28N2O2. The van der Waals surface area contributed by atoms with Gasteiger partial charge in [-0.15, -0.1) is 0 Å². The van der Waals surface area contributed by atoms with Crippen molar-refractivity contribution in [3.63, 3.8) is 0 Å². The van der Waals surface area contributed by atoms with Crippen LogP contribution in [0.4, 0.5) is 0 Å². The van der Waals surface area contributed by atoms with Crippen LogP contribution in [-0.2, 0) is 16.1 Å². The molecule has 1 fully saturated rings. The van der Waals surface area contributed by atoms with Crippen molar-refractivity contribution in [2.75, 3.05) is 26.8 Å². The number of methoxy groups -OCH3 is 1. The van der Waals surface area contributed by atoms with Gasteiger partial charge in [0.05, 0.1) is 12.0 Å². The Balaban J connectivity index is 1.76. The minimum atomic E-state index is -0.462. The Hall–Kier alpha value is -1.39. The van der Waals surface area contributed by atoms with Crippen molar-refractivity contribution < 1.29 is 9.53 Å². The normalized spacial score (nSPS) is 17.4. The summed E-state index contributed by atoms with van der Waals surface area (Å²) >= 11 is 0. The Morgan fingerprint density at radius 2 is 1.91 bits per heavy atom. The predicted octanol–water partition coefficient (Wildman–Crippen LogP) is 2.44. The standard InChI is InChI=1S/C18H28N2O2/c1-18(2,14-22-3)17(21)19-16-9-11-20(12-10-16)13-15-7-5-4-6-8-15/h4-8,16H,9-14H2,1-3H3,(H,19,21). The molecule has 0 radical (unpaired) electrons. The molecule has 4 nitrogen and oxygen atoms in total. The maximum absolute atomic E-state index is 12.3. The second-order valence-electron chi connectivity index (χ2n) is 6.83. The van der Waals surface area contributed by atoms with E-state index >= 15 is 0 Å². The number of piperidine rings is 1. The van der Waals surface area contributed by atoms with E-state index in [9.17, 15) is 4.79 Å². The molecule has 1 aliphatic heterocycles. The topological polar surface area (TPSA) is 41.6 Å². The molecule has 1 saturated heterocycles. The van der Waals surface area contributed by atoms with Crippen molar-refractivity contribution in [3.05, 3.63) is 35.9 Å². The summed E-state index contributed by atoms with van der Waals surface area (Å²) in [5.74, 6) is 0.0934. The van der Waals surface area contributed by atoms with E-state index in [-0.39, 0.29) is 11.9 Å². The Labute approximate surface area is 133 Å². The predicted molar refractivity (Wildman–Crippen MR) is 88.5 cm³/mol. The van der Waals surface area contributed by atoms with Crippen molar-refractivity contribution in [2.45, 2.75) is 39.3 Å². The maximum Gasteiger partial charge on any atom is 0.228 e. The van der Waals surface area contributed by atoms with Gasteiger partial charge in [0.25, 0.3) is 0 Å². The molecule has 4 heteroatoms. The summed E-state index contributed by atoms with van der Waals surface area (Å²) in [5.41, 5.74) is 0.891. The molecule has 0 atom stereocenters. The average Bonchev–Trinajstić information content (AvgIpc) is 2.50. The highest BCUT2D eigenvalue weighted by molar-refractivity contribution is 5.82. The molecule has 0 aromatic heterocycles. The lowest BCUT2D eigenvalue weighted by Gasteiger charge is -2.34. The van der Waals surface area contributed by atoms with Crippen molar-refractivity contribution in [3.8, 4) is 0 Å². The van der Waals surface area contributed by atoms with Gasteiger partial charge in [-0.05, 0) is 32.3 Å². The number of likely N-dealkylation sites (tertiary alicyclic amines) is 1. The monoisotopic (exact) mass is 304 g/mol. The average molecular weight is 304 g/mol. The minimum Gasteiger partial charge on any atom is -0.384 e. The summed E-state index contributed by atoms with van der Waals surface area (Å²) in [5, 5.41) is 3.18. The molecule has 1 heterocycles. The van der Waals surface area contributed by atoms with Crippen LogP contribution in [0.15, 0.2) is 30.3 Å². The van der Waals surface area contributed by atoms with E-state index in [2.05, 4.69) is 34.5 Å². The number of amides is 1. The zero-order valence-electron chi connectivity index (χ0n) is 14.0. The highest BCUT2D eigenvalue weighted by Crippen LogP contribution is 2.18. The Bertz CT molecular complexity index is 465. The lowest BCUT2D eigenvalue weighted by atomic mass is 9.92. The van der Waals surface area contributed by atoms with Crippen LogP contribution >= 0.6 is 0 Å². The van der Waals surface area contributed by atoms with Gasteiger partial charge < -0.3 is 10.1 Å². The van der Waals surface area contributed by atoms with Gasteiger partial charge in [-0.3, -0.25) is 9.69 Å². The summed E-state index contributed by atoms with van der Waals surface area (Å²) in [4.78, 5) is 14.7. The van der Waals surface area contributed by atoms with Gasteiger partial charge in [-0.25, -0.2) is 0 Å². The number of carbonyl (C=O) groups excluding carboxylic acids is 1. The molecule has 0 spiro atoms. The summed E-state index contributed by atoms with van der Waals surface area (Å²) in [6.45, 7) is 7.37. The van der Waals surface area contributed by atoms with Crippen molar-refractivity contribution in [1.29, 1.82) is 0 Å². The fraction of sp³-hybridized carbons (Fsp3) is 0.611. The number of rotatable bonds is 6. The van der Waals surface area contributed by atoms with E-state index in [1.807, 2.05) is 19.9 Å². The molecular weight excluding hydrogens is 276 g/mol. The number of nitrogens with one attached hydrogen (secondary N) is 1. The smallest absolute Gasteiger partial charge is 0.228 e. The first-order valence-corrected chi connectivity index (χ1v) is 8.07. The Morgan fingerprint density at radius 3 is 2.50 bits per heavy atom. The quantitative estimate of drug-likeness (QED) is 0.877. The first-order valence-electron chi connectivity index (χ1n) is 8.07. The van der Waals surface area contributed by atoms with Crippen LogP contribution in [0.1, 0.15) is 32.3 Å². The number of hydrogen-bond donors (Lipinski definition) is 1. The highest BCUT2D eigenvalue weighted by Gasteiger charge is 2.30. The summed E-state index contributed by atoms with van der Waals surface area (Å²) in [7, 11) is 1.64. The largest absolute Gasteiger partial charge is 0.384 e. The SMILES string of the molecule is COCC(C)(C)C(=O)NC1CCN(Cc2ccccc2)CC1. The van der Waals surface area contributed by atoms with Crippen LogP contribution in [0.2, 0.25) is 0 Å². The van der Waals surface area contributed by atoms with E-state index < -0.39 is 5.41 Å². The third kappa shape index (κ3) is 4.82. The molecule has 1 N–H and O–H groups in total. The summed E-state index contributed by atoms with van der Waals surface area (Å²) in [6.07, 6.45) is 2.03. The molecule has 22 heavy (non-hydrogen) atoms. The van der Waals surface area contributed by atoms with Crippen LogP contribution in [0.5, 0.6) is 0 Å². The van der Waals surface area contributed by atoms with E-state index in [0.717, 1.165) is 32.5 Å². The highest BCUT2D eigenvalue weighted by atomic mass is 16.5. The fourth-order valence-electron chi connectivity index (χ4n) is 2.88. The van der Waals surface area contributed by atoms with Gasteiger partial charge in [0.2, 0.25) is 5.91 Å². The Kier molecular flexibility index (Phi) is 5.98. The molecule has 0 saturated carbocycles. The number of benzene rings is 1. The molecule has 122 valence electrons. The van der Waals surface area contributed by atoms with Crippen LogP contribution in [0.3, 0.4) is 0 Å². The molecule has 1 aliphatic rings. The van der Waals surface area contributed by atoms with Crippen LogP contribution in [0.25, 0.3) is 0 Å². The minimum absolute atomic E-state index is 0.0934. The first-order chi connectivity index (χ1) is 10.5. The molecule has 1 aromatic rings. The molecule has 1 aromatic carbocycles. The number of hydrogen-bond acceptors (Lipinski definition) is 3. The third-order valence-corrected chi connectivity index (χ3v) is 4.29. The van der Waals surface area contributed by atoms with Crippen molar-refractivity contribution >= 4 is 5.91 Å². The summed E-state index contributed by atoms with van der Waals surface area (Å²) < 4.78 is 5.13. The zero-order chi connectivity index (χ0) is 16.0. The maximum atomic E-state index is 12.3. The molecule has 0 bridgehead atoms. The molecule has 0 aliphatic carbocycles. The Morgan fingerprint density at radius 1 is 1.27 bits per heavy atom. The van der Waals surface area contributed by atoms with Gasteiger partial charge in [-0.1, -0.05) is 30.3 Å². The number of carbonyl (C=O) groups is 1. The number of ether oxygens (including phenoxy) is 1. The van der Waals surface area contributed by atoms with Gasteiger partial charge in [-0.2, -0.15) is 0 Å². The van der Waals surface area contributed by atoms with Crippen molar-refractivity contribution in [2.24, 2.45) is 5.41 Å². The lowest BCUT2D eigenvalue weighted by Crippen LogP contribution is -2.49. The van der Waals surface area contributed by atoms with E-state index in [1.165, 1.54) is 5.56 Å². The lowest BCUT2D eigenvalue weighted by molar-refractivity contribution is -0.133.